The average Bonchev–Trinajstić information content (AvgIpc) is 3.59. The Kier molecular flexibility index (Phi) is 6.23. The highest BCUT2D eigenvalue weighted by atomic mass is 16.1. The van der Waals surface area contributed by atoms with Crippen molar-refractivity contribution in [2.75, 3.05) is 0 Å². The molecule has 0 heterocycles. The SMILES string of the molecule is CCc1ccc(C(=O)C2CCC(c3ccc(-c4ccccc4C4CC4)cc3CC)C2)cc1C. The van der Waals surface area contributed by atoms with E-state index in [-0.39, 0.29) is 5.92 Å². The Morgan fingerprint density at radius 2 is 1.55 bits per heavy atom. The molecular weight excluding hydrogens is 400 g/mol. The Balaban J connectivity index is 1.36. The minimum atomic E-state index is 0.154. The Morgan fingerprint density at radius 3 is 2.27 bits per heavy atom. The lowest BCUT2D eigenvalue weighted by molar-refractivity contribution is 0.0921. The van der Waals surface area contributed by atoms with Crippen molar-refractivity contribution >= 4 is 5.78 Å². The molecule has 0 N–H and O–H groups in total. The van der Waals surface area contributed by atoms with E-state index in [1.807, 2.05) is 6.07 Å². The highest BCUT2D eigenvalue weighted by molar-refractivity contribution is 5.98. The Labute approximate surface area is 199 Å². The fourth-order valence-electron chi connectivity index (χ4n) is 5.97. The quantitative estimate of drug-likeness (QED) is 0.340. The predicted molar refractivity (Wildman–Crippen MR) is 138 cm³/mol. The van der Waals surface area contributed by atoms with Crippen LogP contribution in [0.5, 0.6) is 0 Å². The zero-order valence-electron chi connectivity index (χ0n) is 20.4. The summed E-state index contributed by atoms with van der Waals surface area (Å²) in [4.78, 5) is 13.3. The summed E-state index contributed by atoms with van der Waals surface area (Å²) < 4.78 is 0. The van der Waals surface area contributed by atoms with Gasteiger partial charge in [0.15, 0.2) is 5.78 Å². The molecule has 33 heavy (non-hydrogen) atoms. The van der Waals surface area contributed by atoms with Gasteiger partial charge in [-0.1, -0.05) is 68.4 Å². The molecule has 0 spiro atoms. The zero-order chi connectivity index (χ0) is 22.9. The molecule has 0 aromatic heterocycles. The highest BCUT2D eigenvalue weighted by Crippen LogP contribution is 2.46. The summed E-state index contributed by atoms with van der Waals surface area (Å²) in [6.45, 7) is 6.57. The molecule has 0 radical (unpaired) electrons. The average molecular weight is 437 g/mol. The molecule has 1 heteroatoms. The van der Waals surface area contributed by atoms with Crippen molar-refractivity contribution in [3.05, 3.63) is 94.0 Å². The van der Waals surface area contributed by atoms with Gasteiger partial charge in [-0.15, -0.1) is 0 Å². The zero-order valence-corrected chi connectivity index (χ0v) is 20.4. The fourth-order valence-corrected chi connectivity index (χ4v) is 5.97. The van der Waals surface area contributed by atoms with E-state index < -0.39 is 0 Å². The first kappa shape index (κ1) is 22.1. The predicted octanol–water partition coefficient (Wildman–Crippen LogP) is 8.43. The molecule has 0 amide bonds. The van der Waals surface area contributed by atoms with Crippen LogP contribution in [0.25, 0.3) is 11.1 Å². The van der Waals surface area contributed by atoms with Gasteiger partial charge in [0, 0.05) is 11.5 Å². The minimum Gasteiger partial charge on any atom is -0.294 e. The number of benzene rings is 3. The maximum absolute atomic E-state index is 13.3. The number of hydrogen-bond acceptors (Lipinski definition) is 1. The van der Waals surface area contributed by atoms with Gasteiger partial charge in [0.2, 0.25) is 0 Å². The summed E-state index contributed by atoms with van der Waals surface area (Å²) in [5.74, 6) is 1.75. The first-order chi connectivity index (χ1) is 16.1. The van der Waals surface area contributed by atoms with Gasteiger partial charge < -0.3 is 0 Å². The van der Waals surface area contributed by atoms with Crippen LogP contribution in [0, 0.1) is 12.8 Å². The molecule has 3 aromatic rings. The van der Waals surface area contributed by atoms with Crippen LogP contribution in [0.15, 0.2) is 60.7 Å². The second-order valence-corrected chi connectivity index (χ2v) is 10.2. The van der Waals surface area contributed by atoms with E-state index in [4.69, 9.17) is 0 Å². The molecule has 170 valence electrons. The van der Waals surface area contributed by atoms with Crippen LogP contribution in [0.1, 0.15) is 96.0 Å². The lowest BCUT2D eigenvalue weighted by Gasteiger charge is -2.18. The maximum Gasteiger partial charge on any atom is 0.165 e. The first-order valence-electron chi connectivity index (χ1n) is 12.9. The van der Waals surface area contributed by atoms with Crippen molar-refractivity contribution in [1.82, 2.24) is 0 Å². The molecule has 2 aliphatic rings. The Hall–Kier alpha value is -2.67. The molecule has 1 nitrogen and oxygen atoms in total. The molecule has 0 bridgehead atoms. The smallest absolute Gasteiger partial charge is 0.165 e. The van der Waals surface area contributed by atoms with Gasteiger partial charge in [-0.2, -0.15) is 0 Å². The van der Waals surface area contributed by atoms with Crippen LogP contribution in [0.4, 0.5) is 0 Å². The summed E-state index contributed by atoms with van der Waals surface area (Å²) >= 11 is 0. The number of hydrogen-bond donors (Lipinski definition) is 0. The topological polar surface area (TPSA) is 17.1 Å². The molecular formula is C32H36O. The third-order valence-corrected chi connectivity index (χ3v) is 8.06. The summed E-state index contributed by atoms with van der Waals surface area (Å²) in [6, 6.07) is 22.4. The van der Waals surface area contributed by atoms with Crippen molar-refractivity contribution in [2.24, 2.45) is 5.92 Å². The van der Waals surface area contributed by atoms with Gasteiger partial charge in [-0.05, 0) is 109 Å². The van der Waals surface area contributed by atoms with Gasteiger partial charge in [-0.25, -0.2) is 0 Å². The minimum absolute atomic E-state index is 0.154. The summed E-state index contributed by atoms with van der Waals surface area (Å²) in [7, 11) is 0. The summed E-state index contributed by atoms with van der Waals surface area (Å²) in [6.07, 6.45) is 7.83. The van der Waals surface area contributed by atoms with Crippen LogP contribution in [0.2, 0.25) is 0 Å². The van der Waals surface area contributed by atoms with E-state index in [1.165, 1.54) is 51.8 Å². The third-order valence-electron chi connectivity index (χ3n) is 8.06. The van der Waals surface area contributed by atoms with E-state index in [2.05, 4.69) is 75.4 Å². The summed E-state index contributed by atoms with van der Waals surface area (Å²) in [5, 5.41) is 0. The number of aryl methyl sites for hydroxylation is 3. The molecule has 5 rings (SSSR count). The fraction of sp³-hybridized carbons (Fsp3) is 0.406. The normalized spacial score (nSPS) is 20.2. The van der Waals surface area contributed by atoms with Crippen LogP contribution >= 0.6 is 0 Å². The Bertz CT molecular complexity index is 1170. The van der Waals surface area contributed by atoms with Crippen molar-refractivity contribution in [2.45, 2.75) is 77.6 Å². The third kappa shape index (κ3) is 4.43. The summed E-state index contributed by atoms with van der Waals surface area (Å²) in [5.41, 5.74) is 10.7. The van der Waals surface area contributed by atoms with Gasteiger partial charge in [0.05, 0.1) is 0 Å². The molecule has 2 unspecified atom stereocenters. The maximum atomic E-state index is 13.3. The van der Waals surface area contributed by atoms with Crippen LogP contribution < -0.4 is 0 Å². The standard InChI is InChI=1S/C32H36O/c1-4-22-10-14-27(18-21(22)3)32(33)28-15-13-25(20-28)29-17-16-26(19-23(29)5-2)31-9-7-6-8-30(31)24-11-12-24/h6-10,14,16-19,24-25,28H,4-5,11-13,15,20H2,1-3H3. The molecule has 3 aromatic carbocycles. The molecule has 2 fully saturated rings. The second-order valence-electron chi connectivity index (χ2n) is 10.2. The van der Waals surface area contributed by atoms with E-state index in [9.17, 15) is 4.79 Å². The number of carbonyl (C=O) groups is 1. The van der Waals surface area contributed by atoms with Crippen LogP contribution in [-0.2, 0) is 12.8 Å². The first-order valence-corrected chi connectivity index (χ1v) is 12.9. The molecule has 2 aliphatic carbocycles. The van der Waals surface area contributed by atoms with Crippen molar-refractivity contribution < 1.29 is 4.79 Å². The molecule has 2 atom stereocenters. The van der Waals surface area contributed by atoms with E-state index in [0.29, 0.717) is 11.7 Å². The van der Waals surface area contributed by atoms with Gasteiger partial charge in [0.25, 0.3) is 0 Å². The van der Waals surface area contributed by atoms with Crippen molar-refractivity contribution in [1.29, 1.82) is 0 Å². The van der Waals surface area contributed by atoms with Crippen LogP contribution in [0.3, 0.4) is 0 Å². The molecule has 2 saturated carbocycles. The van der Waals surface area contributed by atoms with Gasteiger partial charge >= 0.3 is 0 Å². The van der Waals surface area contributed by atoms with E-state index in [1.54, 1.807) is 0 Å². The van der Waals surface area contributed by atoms with Crippen LogP contribution in [-0.4, -0.2) is 5.78 Å². The molecule has 0 aliphatic heterocycles. The van der Waals surface area contributed by atoms with Crippen molar-refractivity contribution in [3.8, 4) is 11.1 Å². The number of carbonyl (C=O) groups excluding carboxylic acids is 1. The number of ketones is 1. The largest absolute Gasteiger partial charge is 0.294 e. The lowest BCUT2D eigenvalue weighted by Crippen LogP contribution is -2.12. The highest BCUT2D eigenvalue weighted by Gasteiger charge is 2.32. The second kappa shape index (κ2) is 9.29. The van der Waals surface area contributed by atoms with E-state index >= 15 is 0 Å². The van der Waals surface area contributed by atoms with Gasteiger partial charge in [-0.3, -0.25) is 4.79 Å². The number of rotatable bonds is 7. The molecule has 0 saturated heterocycles. The number of Topliss-reactive ketones (excluding diaryl/α,β-unsaturated/α-hetero) is 1. The van der Waals surface area contributed by atoms with Gasteiger partial charge in [0.1, 0.15) is 0 Å². The van der Waals surface area contributed by atoms with E-state index in [0.717, 1.165) is 43.6 Å². The van der Waals surface area contributed by atoms with Crippen molar-refractivity contribution in [3.63, 3.8) is 0 Å². The lowest BCUT2D eigenvalue weighted by atomic mass is 9.86. The monoisotopic (exact) mass is 436 g/mol. The Morgan fingerprint density at radius 1 is 0.788 bits per heavy atom.